The van der Waals surface area contributed by atoms with E-state index in [2.05, 4.69) is 15.0 Å². The molecule has 1 aromatic rings. The van der Waals surface area contributed by atoms with Gasteiger partial charge in [-0.2, -0.15) is 0 Å². The molecule has 0 saturated heterocycles. The topological polar surface area (TPSA) is 76.0 Å². The average molecular weight is 209 g/mol. The highest BCUT2D eigenvalue weighted by atomic mass is 16.4. The second-order valence-electron chi connectivity index (χ2n) is 4.44. The summed E-state index contributed by atoms with van der Waals surface area (Å²) in [5.41, 5.74) is -0.193. The zero-order valence-corrected chi connectivity index (χ0v) is 9.40. The molecular weight excluding hydrogens is 194 g/mol. The summed E-state index contributed by atoms with van der Waals surface area (Å²) in [5.74, 6) is 0.581. The van der Waals surface area contributed by atoms with Crippen molar-refractivity contribution in [1.29, 1.82) is 0 Å². The van der Waals surface area contributed by atoms with E-state index in [1.54, 1.807) is 6.92 Å². The van der Waals surface area contributed by atoms with Gasteiger partial charge in [-0.05, 0) is 6.92 Å². The Balaban J connectivity index is 3.11. The maximum Gasteiger partial charge on any atom is 0.311 e. The Bertz CT molecular complexity index is 383. The lowest BCUT2D eigenvalue weighted by Gasteiger charge is -2.16. The lowest BCUT2D eigenvalue weighted by molar-refractivity contribution is -0.136. The third-order valence-electron chi connectivity index (χ3n) is 1.77. The summed E-state index contributed by atoms with van der Waals surface area (Å²) in [6, 6.07) is 0. The number of aromatic nitrogens is 3. The van der Waals surface area contributed by atoms with E-state index in [-0.39, 0.29) is 11.8 Å². The summed E-state index contributed by atoms with van der Waals surface area (Å²) in [5, 5.41) is 8.65. The summed E-state index contributed by atoms with van der Waals surface area (Å²) >= 11 is 0. The summed E-state index contributed by atoms with van der Waals surface area (Å²) in [7, 11) is 0. The Hall–Kier alpha value is -1.52. The average Bonchev–Trinajstić information content (AvgIpc) is 1.99. The van der Waals surface area contributed by atoms with Crippen LogP contribution in [-0.4, -0.2) is 26.0 Å². The van der Waals surface area contributed by atoms with Crippen LogP contribution in [0.3, 0.4) is 0 Å². The van der Waals surface area contributed by atoms with Crippen LogP contribution in [0.25, 0.3) is 0 Å². The number of hydrogen-bond acceptors (Lipinski definition) is 4. The molecule has 0 bridgehead atoms. The quantitative estimate of drug-likeness (QED) is 0.789. The zero-order chi connectivity index (χ0) is 11.6. The summed E-state index contributed by atoms with van der Waals surface area (Å²) in [6.45, 7) is 7.67. The molecule has 0 atom stereocenters. The van der Waals surface area contributed by atoms with Crippen molar-refractivity contribution in [3.8, 4) is 0 Å². The Morgan fingerprint density at radius 1 is 1.27 bits per heavy atom. The molecule has 0 saturated carbocycles. The molecule has 1 N–H and O–H groups in total. The summed E-state index contributed by atoms with van der Waals surface area (Å²) in [6.07, 6.45) is -0.160. The fourth-order valence-corrected chi connectivity index (χ4v) is 1.09. The smallest absolute Gasteiger partial charge is 0.311 e. The van der Waals surface area contributed by atoms with E-state index in [1.807, 2.05) is 20.8 Å². The minimum atomic E-state index is -0.930. The molecule has 82 valence electrons. The highest BCUT2D eigenvalue weighted by molar-refractivity contribution is 5.68. The number of carboxylic acid groups (broad SMARTS) is 1. The number of carboxylic acids is 1. The Kier molecular flexibility index (Phi) is 3.02. The number of nitrogens with zero attached hydrogens (tertiary/aromatic N) is 3. The fourth-order valence-electron chi connectivity index (χ4n) is 1.09. The first kappa shape index (κ1) is 11.6. The van der Waals surface area contributed by atoms with Crippen molar-refractivity contribution in [1.82, 2.24) is 15.0 Å². The standard InChI is InChI=1S/C10H15N3O2/c1-6-11-7(5-8(14)15)13-9(12-6)10(2,3)4/h5H2,1-4H3,(H,14,15). The van der Waals surface area contributed by atoms with Gasteiger partial charge >= 0.3 is 5.97 Å². The van der Waals surface area contributed by atoms with Crippen molar-refractivity contribution in [3.63, 3.8) is 0 Å². The predicted molar refractivity (Wildman–Crippen MR) is 54.6 cm³/mol. The van der Waals surface area contributed by atoms with Crippen LogP contribution in [0, 0.1) is 6.92 Å². The van der Waals surface area contributed by atoms with Gasteiger partial charge < -0.3 is 5.11 Å². The van der Waals surface area contributed by atoms with Gasteiger partial charge in [0.25, 0.3) is 0 Å². The van der Waals surface area contributed by atoms with Crippen LogP contribution >= 0.6 is 0 Å². The van der Waals surface area contributed by atoms with Crippen molar-refractivity contribution in [2.45, 2.75) is 39.5 Å². The molecule has 0 aromatic carbocycles. The number of hydrogen-bond donors (Lipinski definition) is 1. The predicted octanol–water partition coefficient (Wildman–Crippen LogP) is 1.10. The Labute approximate surface area is 88.6 Å². The first-order chi connectivity index (χ1) is 6.79. The minimum absolute atomic E-state index is 0.160. The number of rotatable bonds is 2. The molecule has 1 rings (SSSR count). The van der Waals surface area contributed by atoms with Gasteiger partial charge in [-0.25, -0.2) is 15.0 Å². The van der Waals surface area contributed by atoms with E-state index in [0.717, 1.165) is 0 Å². The van der Waals surface area contributed by atoms with E-state index < -0.39 is 5.97 Å². The van der Waals surface area contributed by atoms with E-state index in [0.29, 0.717) is 17.5 Å². The Morgan fingerprint density at radius 3 is 2.33 bits per heavy atom. The maximum absolute atomic E-state index is 10.5. The normalized spacial score (nSPS) is 11.5. The van der Waals surface area contributed by atoms with Gasteiger partial charge in [-0.1, -0.05) is 20.8 Å². The number of aryl methyl sites for hydroxylation is 1. The van der Waals surface area contributed by atoms with Gasteiger partial charge in [0.05, 0.1) is 0 Å². The van der Waals surface area contributed by atoms with Gasteiger partial charge in [0.15, 0.2) is 0 Å². The van der Waals surface area contributed by atoms with Crippen LogP contribution in [0.5, 0.6) is 0 Å². The fraction of sp³-hybridized carbons (Fsp3) is 0.600. The molecule has 0 spiro atoms. The number of aliphatic carboxylic acids is 1. The van der Waals surface area contributed by atoms with E-state index in [4.69, 9.17) is 5.11 Å². The summed E-state index contributed by atoms with van der Waals surface area (Å²) < 4.78 is 0. The second-order valence-corrected chi connectivity index (χ2v) is 4.44. The molecule has 15 heavy (non-hydrogen) atoms. The Morgan fingerprint density at radius 2 is 1.87 bits per heavy atom. The SMILES string of the molecule is Cc1nc(CC(=O)O)nc(C(C)(C)C)n1. The molecule has 0 amide bonds. The van der Waals surface area contributed by atoms with Gasteiger partial charge in [0.1, 0.15) is 23.9 Å². The van der Waals surface area contributed by atoms with E-state index >= 15 is 0 Å². The maximum atomic E-state index is 10.5. The summed E-state index contributed by atoms with van der Waals surface area (Å²) in [4.78, 5) is 22.9. The molecule has 0 aliphatic heterocycles. The van der Waals surface area contributed by atoms with Gasteiger partial charge in [-0.3, -0.25) is 4.79 Å². The van der Waals surface area contributed by atoms with Crippen molar-refractivity contribution in [2.24, 2.45) is 0 Å². The van der Waals surface area contributed by atoms with Crippen molar-refractivity contribution in [2.75, 3.05) is 0 Å². The third-order valence-corrected chi connectivity index (χ3v) is 1.77. The molecule has 5 nitrogen and oxygen atoms in total. The van der Waals surface area contributed by atoms with Crippen LogP contribution in [0.15, 0.2) is 0 Å². The van der Waals surface area contributed by atoms with Crippen LogP contribution in [0.1, 0.15) is 38.2 Å². The lowest BCUT2D eigenvalue weighted by Crippen LogP contribution is -2.20. The van der Waals surface area contributed by atoms with Crippen LogP contribution in [0.4, 0.5) is 0 Å². The van der Waals surface area contributed by atoms with Gasteiger partial charge in [0, 0.05) is 5.41 Å². The van der Waals surface area contributed by atoms with Crippen molar-refractivity contribution >= 4 is 5.97 Å². The number of carbonyl (C=O) groups is 1. The highest BCUT2D eigenvalue weighted by Crippen LogP contribution is 2.17. The van der Waals surface area contributed by atoms with Crippen molar-refractivity contribution in [3.05, 3.63) is 17.5 Å². The molecule has 1 aromatic heterocycles. The first-order valence-electron chi connectivity index (χ1n) is 4.73. The molecule has 0 aliphatic carbocycles. The molecule has 0 radical (unpaired) electrons. The minimum Gasteiger partial charge on any atom is -0.481 e. The van der Waals surface area contributed by atoms with E-state index in [9.17, 15) is 4.79 Å². The molecule has 1 heterocycles. The third kappa shape index (κ3) is 3.27. The first-order valence-corrected chi connectivity index (χ1v) is 4.73. The van der Waals surface area contributed by atoms with Gasteiger partial charge in [-0.15, -0.1) is 0 Å². The van der Waals surface area contributed by atoms with Crippen molar-refractivity contribution < 1.29 is 9.90 Å². The molecule has 5 heteroatoms. The van der Waals surface area contributed by atoms with Crippen LogP contribution in [0.2, 0.25) is 0 Å². The molecule has 0 unspecified atom stereocenters. The van der Waals surface area contributed by atoms with Crippen LogP contribution in [-0.2, 0) is 16.6 Å². The van der Waals surface area contributed by atoms with Crippen LogP contribution < -0.4 is 0 Å². The monoisotopic (exact) mass is 209 g/mol. The zero-order valence-electron chi connectivity index (χ0n) is 9.40. The van der Waals surface area contributed by atoms with Gasteiger partial charge in [0.2, 0.25) is 0 Å². The molecule has 0 fully saturated rings. The largest absolute Gasteiger partial charge is 0.481 e. The second kappa shape index (κ2) is 3.92. The lowest BCUT2D eigenvalue weighted by atomic mass is 9.96. The molecule has 0 aliphatic rings. The molecular formula is C10H15N3O2. The highest BCUT2D eigenvalue weighted by Gasteiger charge is 2.19. The van der Waals surface area contributed by atoms with E-state index in [1.165, 1.54) is 0 Å².